The Morgan fingerprint density at radius 2 is 1.38 bits per heavy atom. The number of hydrogen-bond donors (Lipinski definition) is 3. The Morgan fingerprint density at radius 3 is 1.98 bits per heavy atom. The molecule has 4 N–H and O–H groups in total. The molecule has 1 saturated heterocycles. The molecule has 5 rings (SSSR count). The number of nitrogens with one attached hydrogen (secondary N) is 2. The number of rotatable bonds is 11. The van der Waals surface area contributed by atoms with E-state index in [1.54, 1.807) is 0 Å². The zero-order chi connectivity index (χ0) is 29.1. The number of carbonyl (C=O) groups excluding carboxylic acids is 2. The molecule has 6 nitrogen and oxygen atoms in total. The molecule has 216 valence electrons. The lowest BCUT2D eigenvalue weighted by molar-refractivity contribution is -0.134. The molecule has 1 fully saturated rings. The summed E-state index contributed by atoms with van der Waals surface area (Å²) >= 11 is 0. The number of amides is 2. The summed E-state index contributed by atoms with van der Waals surface area (Å²) in [5, 5.41) is 6.72. The van der Waals surface area contributed by atoms with Crippen molar-refractivity contribution in [1.29, 1.82) is 0 Å². The van der Waals surface area contributed by atoms with Crippen LogP contribution in [0.5, 0.6) is 0 Å². The van der Waals surface area contributed by atoms with Crippen LogP contribution < -0.4 is 16.4 Å². The van der Waals surface area contributed by atoms with E-state index in [1.807, 2.05) is 83.8 Å². The largest absolute Gasteiger partial charge is 0.350 e. The van der Waals surface area contributed by atoms with Crippen LogP contribution in [-0.4, -0.2) is 48.4 Å². The fourth-order valence-electron chi connectivity index (χ4n) is 5.75. The van der Waals surface area contributed by atoms with Gasteiger partial charge in [0, 0.05) is 24.7 Å². The fraction of sp³-hybridized carbons (Fsp3) is 0.278. The van der Waals surface area contributed by atoms with Gasteiger partial charge >= 0.3 is 0 Å². The van der Waals surface area contributed by atoms with Crippen molar-refractivity contribution in [3.05, 3.63) is 132 Å². The van der Waals surface area contributed by atoms with Crippen LogP contribution in [0, 0.1) is 0 Å². The molecule has 0 radical (unpaired) electrons. The summed E-state index contributed by atoms with van der Waals surface area (Å²) in [6.45, 7) is 1.62. The molecule has 0 bridgehead atoms. The average molecular weight is 561 g/mol. The average Bonchev–Trinajstić information content (AvgIpc) is 3.20. The molecule has 0 unspecified atom stereocenters. The smallest absolute Gasteiger partial charge is 0.251 e. The first-order valence-electron chi connectivity index (χ1n) is 14.9. The fourth-order valence-corrected chi connectivity index (χ4v) is 5.75. The van der Waals surface area contributed by atoms with Gasteiger partial charge in [-0.1, -0.05) is 110 Å². The summed E-state index contributed by atoms with van der Waals surface area (Å²) in [6.07, 6.45) is 3.16. The first kappa shape index (κ1) is 29.2. The summed E-state index contributed by atoms with van der Waals surface area (Å²) in [7, 11) is 0. The van der Waals surface area contributed by atoms with E-state index in [-0.39, 0.29) is 29.9 Å². The maximum absolute atomic E-state index is 14.1. The molecule has 4 aromatic rings. The van der Waals surface area contributed by atoms with Crippen molar-refractivity contribution in [2.24, 2.45) is 5.73 Å². The van der Waals surface area contributed by atoms with Crippen LogP contribution in [0.1, 0.15) is 53.2 Å². The summed E-state index contributed by atoms with van der Waals surface area (Å²) in [6, 6.07) is 37.7. The number of nitrogens with zero attached hydrogens (tertiary/aromatic N) is 1. The Hall–Kier alpha value is -4.26. The Balaban J connectivity index is 1.31. The van der Waals surface area contributed by atoms with Crippen molar-refractivity contribution < 1.29 is 9.59 Å². The molecule has 0 aromatic heterocycles. The topological polar surface area (TPSA) is 87.5 Å². The van der Waals surface area contributed by atoms with Crippen molar-refractivity contribution in [2.75, 3.05) is 19.6 Å². The zero-order valence-electron chi connectivity index (χ0n) is 24.0. The number of unbranched alkanes of at least 4 members (excludes halogenated alkanes) is 1. The Bertz CT molecular complexity index is 1370. The molecule has 1 aliphatic heterocycles. The van der Waals surface area contributed by atoms with Crippen LogP contribution in [-0.2, 0) is 4.79 Å². The van der Waals surface area contributed by atoms with Gasteiger partial charge in [-0.25, -0.2) is 0 Å². The maximum Gasteiger partial charge on any atom is 0.251 e. The normalized spacial score (nSPS) is 17.2. The first-order valence-corrected chi connectivity index (χ1v) is 14.9. The molecular formula is C36H40N4O2. The van der Waals surface area contributed by atoms with Crippen molar-refractivity contribution in [1.82, 2.24) is 15.5 Å². The highest BCUT2D eigenvalue weighted by atomic mass is 16.2. The lowest BCUT2D eigenvalue weighted by atomic mass is 9.96. The van der Waals surface area contributed by atoms with Crippen molar-refractivity contribution >= 4 is 11.8 Å². The second-order valence-corrected chi connectivity index (χ2v) is 10.9. The lowest BCUT2D eigenvalue weighted by Gasteiger charge is -2.33. The van der Waals surface area contributed by atoms with Crippen LogP contribution in [0.15, 0.2) is 115 Å². The molecule has 1 aliphatic rings. The predicted octanol–water partition coefficient (Wildman–Crippen LogP) is 5.56. The van der Waals surface area contributed by atoms with E-state index in [2.05, 4.69) is 47.0 Å². The standard InChI is InChI=1S/C36H40N4O2/c37-24-11-10-18-33-36(42)40(34(29-14-6-2-7-15-29)30-16-8-3-9-17-30)25-23-32(39-33)26-38-35(41)31-21-19-28(20-22-31)27-12-4-1-5-13-27/h1-9,12-17,19-22,32-34,39H,10-11,18,23-26,37H2,(H,38,41)/t32-,33-/m0/s1. The minimum Gasteiger partial charge on any atom is -0.350 e. The van der Waals surface area contributed by atoms with Crippen molar-refractivity contribution in [3.63, 3.8) is 0 Å². The molecule has 0 aliphatic carbocycles. The molecular weight excluding hydrogens is 520 g/mol. The van der Waals surface area contributed by atoms with Gasteiger partial charge in [0.05, 0.1) is 12.1 Å². The minimum absolute atomic E-state index is 0.0402. The number of carbonyl (C=O) groups is 2. The summed E-state index contributed by atoms with van der Waals surface area (Å²) < 4.78 is 0. The van der Waals surface area contributed by atoms with Gasteiger partial charge in [-0.05, 0) is 60.2 Å². The van der Waals surface area contributed by atoms with Crippen molar-refractivity contribution in [3.8, 4) is 11.1 Å². The molecule has 1 heterocycles. The van der Waals surface area contributed by atoms with Gasteiger partial charge in [0.25, 0.3) is 5.91 Å². The number of nitrogens with two attached hydrogens (primary N) is 1. The first-order chi connectivity index (χ1) is 20.6. The van der Waals surface area contributed by atoms with E-state index < -0.39 is 0 Å². The van der Waals surface area contributed by atoms with E-state index >= 15 is 0 Å². The number of hydrogen-bond acceptors (Lipinski definition) is 4. The van der Waals surface area contributed by atoms with Crippen LogP contribution in [0.25, 0.3) is 11.1 Å². The Kier molecular flexibility index (Phi) is 10.1. The van der Waals surface area contributed by atoms with Gasteiger partial charge < -0.3 is 21.3 Å². The van der Waals surface area contributed by atoms with Gasteiger partial charge in [0.15, 0.2) is 0 Å². The Labute approximate surface area is 248 Å². The van der Waals surface area contributed by atoms with E-state index in [0.717, 1.165) is 41.5 Å². The van der Waals surface area contributed by atoms with E-state index in [1.165, 1.54) is 0 Å². The van der Waals surface area contributed by atoms with Crippen molar-refractivity contribution in [2.45, 2.75) is 43.8 Å². The van der Waals surface area contributed by atoms with Gasteiger partial charge in [-0.2, -0.15) is 0 Å². The summed E-state index contributed by atoms with van der Waals surface area (Å²) in [5.74, 6) is -0.0231. The van der Waals surface area contributed by atoms with Crippen LogP contribution >= 0.6 is 0 Å². The lowest BCUT2D eigenvalue weighted by Crippen LogP contribution is -2.49. The van der Waals surface area contributed by atoms with Crippen LogP contribution in [0.3, 0.4) is 0 Å². The Morgan fingerprint density at radius 1 is 0.810 bits per heavy atom. The summed E-state index contributed by atoms with van der Waals surface area (Å²) in [5.41, 5.74) is 10.8. The quantitative estimate of drug-likeness (QED) is 0.210. The molecule has 2 atom stereocenters. The van der Waals surface area contributed by atoms with E-state index in [9.17, 15) is 9.59 Å². The minimum atomic E-state index is -0.346. The monoisotopic (exact) mass is 560 g/mol. The molecule has 4 aromatic carbocycles. The van der Waals surface area contributed by atoms with Crippen LogP contribution in [0.4, 0.5) is 0 Å². The molecule has 2 amide bonds. The number of benzene rings is 4. The molecule has 6 heteroatoms. The second-order valence-electron chi connectivity index (χ2n) is 10.9. The van der Waals surface area contributed by atoms with Crippen LogP contribution in [0.2, 0.25) is 0 Å². The van der Waals surface area contributed by atoms with Gasteiger partial charge in [-0.15, -0.1) is 0 Å². The maximum atomic E-state index is 14.1. The highest BCUT2D eigenvalue weighted by Gasteiger charge is 2.35. The van der Waals surface area contributed by atoms with Gasteiger partial charge in [0.2, 0.25) is 5.91 Å². The van der Waals surface area contributed by atoms with Gasteiger partial charge in [0.1, 0.15) is 0 Å². The van der Waals surface area contributed by atoms with E-state index in [0.29, 0.717) is 31.6 Å². The molecule has 0 spiro atoms. The molecule has 0 saturated carbocycles. The molecule has 42 heavy (non-hydrogen) atoms. The van der Waals surface area contributed by atoms with E-state index in [4.69, 9.17) is 5.73 Å². The third kappa shape index (κ3) is 7.32. The third-order valence-electron chi connectivity index (χ3n) is 7.99. The summed E-state index contributed by atoms with van der Waals surface area (Å²) in [4.78, 5) is 29.2. The SMILES string of the molecule is NCCCC[C@@H]1N[C@H](CNC(=O)c2ccc(-c3ccccc3)cc2)CCN(C(c2ccccc2)c2ccccc2)C1=O. The second kappa shape index (κ2) is 14.6. The highest BCUT2D eigenvalue weighted by molar-refractivity contribution is 5.94. The third-order valence-corrected chi connectivity index (χ3v) is 7.99. The van der Waals surface area contributed by atoms with Gasteiger partial charge in [-0.3, -0.25) is 9.59 Å². The predicted molar refractivity (Wildman–Crippen MR) is 169 cm³/mol. The highest BCUT2D eigenvalue weighted by Crippen LogP contribution is 2.31. The zero-order valence-corrected chi connectivity index (χ0v) is 24.0.